The Bertz CT molecular complexity index is 975. The van der Waals surface area contributed by atoms with Crippen LogP contribution in [0.1, 0.15) is 39.7 Å². The molecule has 0 aliphatic carbocycles. The summed E-state index contributed by atoms with van der Waals surface area (Å²) in [7, 11) is 0. The second-order valence-corrected chi connectivity index (χ2v) is 7.20. The minimum absolute atomic E-state index is 0.168. The third-order valence-electron chi connectivity index (χ3n) is 4.63. The van der Waals surface area contributed by atoms with E-state index >= 15 is 0 Å². The van der Waals surface area contributed by atoms with Crippen LogP contribution in [-0.4, -0.2) is 33.4 Å². The van der Waals surface area contributed by atoms with E-state index < -0.39 is 22.8 Å². The van der Waals surface area contributed by atoms with E-state index in [4.69, 9.17) is 0 Å². The molecule has 3 aromatic heterocycles. The molecule has 0 unspecified atom stereocenters. The second-order valence-electron chi connectivity index (χ2n) is 6.34. The number of fused-ring (bicyclic) bond motifs is 1. The van der Waals surface area contributed by atoms with Crippen LogP contribution in [0.4, 0.5) is 19.0 Å². The summed E-state index contributed by atoms with van der Waals surface area (Å²) in [4.78, 5) is 19.4. The fraction of sp³-hybridized carbons (Fsp3) is 0.353. The van der Waals surface area contributed by atoms with E-state index in [1.54, 1.807) is 4.40 Å². The summed E-state index contributed by atoms with van der Waals surface area (Å²) in [5.41, 5.74) is 2.87. The predicted molar refractivity (Wildman–Crippen MR) is 95.1 cm³/mol. The molecule has 1 fully saturated rings. The first-order valence-corrected chi connectivity index (χ1v) is 9.31. The maximum atomic E-state index is 13.0. The molecule has 1 amide bonds. The van der Waals surface area contributed by atoms with Gasteiger partial charge < -0.3 is 10.6 Å². The van der Waals surface area contributed by atoms with Crippen LogP contribution in [0, 0.1) is 0 Å². The first-order chi connectivity index (χ1) is 12.9. The molecule has 0 aromatic carbocycles. The van der Waals surface area contributed by atoms with E-state index in [0.717, 1.165) is 37.0 Å². The number of nitrogens with one attached hydrogen (secondary N) is 2. The third kappa shape index (κ3) is 3.54. The highest BCUT2D eigenvalue weighted by Gasteiger charge is 2.36. The molecule has 0 bridgehead atoms. The summed E-state index contributed by atoms with van der Waals surface area (Å²) < 4.78 is 40.6. The van der Waals surface area contributed by atoms with Crippen molar-refractivity contribution in [1.82, 2.24) is 19.7 Å². The smallest absolute Gasteiger partial charge is 0.317 e. The van der Waals surface area contributed by atoms with Crippen molar-refractivity contribution >= 4 is 28.7 Å². The Labute approximate surface area is 156 Å². The number of thiazole rings is 1. The molecule has 10 heteroatoms. The molecule has 2 N–H and O–H groups in total. The van der Waals surface area contributed by atoms with Gasteiger partial charge in [0.15, 0.2) is 10.7 Å². The lowest BCUT2D eigenvalue weighted by Crippen LogP contribution is -2.26. The van der Waals surface area contributed by atoms with Crippen molar-refractivity contribution in [3.8, 4) is 0 Å². The number of pyridine rings is 1. The number of hydrogen-bond donors (Lipinski definition) is 2. The first kappa shape index (κ1) is 17.9. The van der Waals surface area contributed by atoms with Crippen LogP contribution in [0.15, 0.2) is 30.0 Å². The van der Waals surface area contributed by atoms with Gasteiger partial charge in [-0.1, -0.05) is 6.07 Å². The van der Waals surface area contributed by atoms with E-state index in [1.165, 1.54) is 6.20 Å². The van der Waals surface area contributed by atoms with Crippen molar-refractivity contribution in [2.24, 2.45) is 0 Å². The average Bonchev–Trinajstić information content (AvgIpc) is 3.28. The van der Waals surface area contributed by atoms with E-state index in [2.05, 4.69) is 20.6 Å². The molecular weight excluding hydrogens is 379 g/mol. The molecule has 1 saturated heterocycles. The Balaban J connectivity index is 1.63. The van der Waals surface area contributed by atoms with Crippen molar-refractivity contribution in [2.45, 2.75) is 24.9 Å². The minimum atomic E-state index is -4.56. The molecular formula is C17H16F3N5OS. The van der Waals surface area contributed by atoms with Crippen LogP contribution in [0.25, 0.3) is 5.65 Å². The third-order valence-corrected chi connectivity index (χ3v) is 5.50. The van der Waals surface area contributed by atoms with Gasteiger partial charge in [-0.2, -0.15) is 13.2 Å². The molecule has 6 nitrogen and oxygen atoms in total. The van der Waals surface area contributed by atoms with Crippen LogP contribution < -0.4 is 10.6 Å². The van der Waals surface area contributed by atoms with Crippen molar-refractivity contribution in [2.75, 3.05) is 18.4 Å². The lowest BCUT2D eigenvalue weighted by molar-refractivity contribution is -0.133. The molecule has 3 aromatic rings. The number of imidazole rings is 1. The zero-order valence-electron chi connectivity index (χ0n) is 14.1. The lowest BCUT2D eigenvalue weighted by atomic mass is 9.91. The Morgan fingerprint density at radius 1 is 1.26 bits per heavy atom. The van der Waals surface area contributed by atoms with Gasteiger partial charge >= 0.3 is 6.18 Å². The minimum Gasteiger partial charge on any atom is -0.317 e. The summed E-state index contributed by atoms with van der Waals surface area (Å²) in [5, 5.41) is 5.57. The molecule has 142 valence electrons. The zero-order valence-corrected chi connectivity index (χ0v) is 14.9. The Hall–Kier alpha value is -2.46. The summed E-state index contributed by atoms with van der Waals surface area (Å²) in [6.07, 6.45) is 0.631. The number of aromatic nitrogens is 3. The maximum absolute atomic E-state index is 13.0. The Morgan fingerprint density at radius 2 is 2.04 bits per heavy atom. The number of nitrogens with zero attached hydrogens (tertiary/aromatic N) is 3. The van der Waals surface area contributed by atoms with Gasteiger partial charge in [-0.15, -0.1) is 11.3 Å². The normalized spacial score (nSPS) is 16.0. The topological polar surface area (TPSA) is 71.3 Å². The maximum Gasteiger partial charge on any atom is 0.429 e. The van der Waals surface area contributed by atoms with Gasteiger partial charge in [0.2, 0.25) is 0 Å². The number of piperidine rings is 1. The number of halogens is 3. The molecule has 1 aliphatic rings. The van der Waals surface area contributed by atoms with E-state index in [0.29, 0.717) is 22.9 Å². The number of alkyl halides is 3. The number of rotatable bonds is 3. The molecule has 0 atom stereocenters. The Morgan fingerprint density at radius 3 is 2.78 bits per heavy atom. The van der Waals surface area contributed by atoms with Gasteiger partial charge in [-0.25, -0.2) is 9.97 Å². The van der Waals surface area contributed by atoms with Gasteiger partial charge in [0, 0.05) is 6.20 Å². The summed E-state index contributed by atoms with van der Waals surface area (Å²) in [5.74, 6) is -0.785. The molecule has 0 saturated carbocycles. The van der Waals surface area contributed by atoms with E-state index in [9.17, 15) is 18.0 Å². The van der Waals surface area contributed by atoms with Gasteiger partial charge in [-0.05, 0) is 43.5 Å². The van der Waals surface area contributed by atoms with E-state index in [1.807, 2.05) is 18.3 Å². The Kier molecular flexibility index (Phi) is 4.60. The SMILES string of the molecule is O=C(Nc1ncsc1C(F)(F)F)c1cnc2ccc(C3CCNCC3)cn12. The molecule has 4 rings (SSSR count). The van der Waals surface area contributed by atoms with Gasteiger partial charge in [0.05, 0.1) is 11.7 Å². The van der Waals surface area contributed by atoms with Crippen molar-refractivity contribution < 1.29 is 18.0 Å². The largest absolute Gasteiger partial charge is 0.429 e. The first-order valence-electron chi connectivity index (χ1n) is 8.43. The van der Waals surface area contributed by atoms with Crippen LogP contribution in [-0.2, 0) is 6.18 Å². The van der Waals surface area contributed by atoms with Gasteiger partial charge in [0.1, 0.15) is 11.3 Å². The average molecular weight is 395 g/mol. The number of carbonyl (C=O) groups excluding carboxylic acids is 1. The highest BCUT2D eigenvalue weighted by molar-refractivity contribution is 7.10. The van der Waals surface area contributed by atoms with Gasteiger partial charge in [-0.3, -0.25) is 9.20 Å². The predicted octanol–water partition coefficient (Wildman–Crippen LogP) is 3.53. The molecule has 27 heavy (non-hydrogen) atoms. The molecule has 4 heterocycles. The molecule has 1 aliphatic heterocycles. The fourth-order valence-electron chi connectivity index (χ4n) is 3.27. The van der Waals surface area contributed by atoms with Crippen molar-refractivity contribution in [3.63, 3.8) is 0 Å². The number of amides is 1. The number of carbonyl (C=O) groups is 1. The quantitative estimate of drug-likeness (QED) is 0.712. The summed E-state index contributed by atoms with van der Waals surface area (Å²) in [6, 6.07) is 3.81. The summed E-state index contributed by atoms with van der Waals surface area (Å²) >= 11 is 0.441. The standard InChI is InChI=1S/C17H16F3N5OS/c18-17(19,20)14-15(23-9-27-14)24-16(26)12-7-22-13-2-1-11(8-25(12)13)10-3-5-21-6-4-10/h1-2,7-10,21H,3-6H2,(H,24,26). The van der Waals surface area contributed by atoms with Crippen LogP contribution in [0.2, 0.25) is 0 Å². The number of hydrogen-bond acceptors (Lipinski definition) is 5. The van der Waals surface area contributed by atoms with Crippen LogP contribution in [0.3, 0.4) is 0 Å². The monoisotopic (exact) mass is 395 g/mol. The van der Waals surface area contributed by atoms with Crippen LogP contribution in [0.5, 0.6) is 0 Å². The van der Waals surface area contributed by atoms with E-state index in [-0.39, 0.29) is 5.69 Å². The highest BCUT2D eigenvalue weighted by Crippen LogP contribution is 2.37. The second kappa shape index (κ2) is 6.93. The highest BCUT2D eigenvalue weighted by atomic mass is 32.1. The van der Waals surface area contributed by atoms with Gasteiger partial charge in [0.25, 0.3) is 5.91 Å². The zero-order chi connectivity index (χ0) is 19.0. The van der Waals surface area contributed by atoms with Crippen molar-refractivity contribution in [1.29, 1.82) is 0 Å². The summed E-state index contributed by atoms with van der Waals surface area (Å²) in [6.45, 7) is 1.87. The fourth-order valence-corrected chi connectivity index (χ4v) is 3.88. The number of anilines is 1. The van der Waals surface area contributed by atoms with Crippen LogP contribution >= 0.6 is 11.3 Å². The molecule has 0 spiro atoms. The molecule has 0 radical (unpaired) electrons. The lowest BCUT2D eigenvalue weighted by Gasteiger charge is -2.23. The van der Waals surface area contributed by atoms with Crippen molar-refractivity contribution in [3.05, 3.63) is 46.2 Å².